The molecule has 0 radical (unpaired) electrons. The lowest BCUT2D eigenvalue weighted by molar-refractivity contribution is 0.552. The first-order valence-electron chi connectivity index (χ1n) is 3.79. The lowest BCUT2D eigenvalue weighted by Crippen LogP contribution is -1.71. The summed E-state index contributed by atoms with van der Waals surface area (Å²) >= 11 is 0. The second-order valence-electron chi connectivity index (χ2n) is 2.47. The van der Waals surface area contributed by atoms with Gasteiger partial charge in [-0.3, -0.25) is 0 Å². The molecule has 0 atom stereocenters. The van der Waals surface area contributed by atoms with Crippen LogP contribution in [0, 0.1) is 0 Å². The molecule has 0 aliphatic carbocycles. The Labute approximate surface area is 70.2 Å². The maximum absolute atomic E-state index is 5.01. The van der Waals surface area contributed by atoms with Crippen molar-refractivity contribution in [3.8, 4) is 0 Å². The fourth-order valence-corrected chi connectivity index (χ4v) is 1.09. The molecule has 0 fully saturated rings. The number of H-pyrrole nitrogens is 1. The number of para-hydroxylation sites is 1. The molecule has 0 unspecified atom stereocenters. The van der Waals surface area contributed by atoms with Crippen molar-refractivity contribution in [2.24, 2.45) is 0 Å². The number of benzene rings is 1. The van der Waals surface area contributed by atoms with Crippen LogP contribution < -0.4 is 0 Å². The van der Waals surface area contributed by atoms with Crippen molar-refractivity contribution in [2.75, 3.05) is 0 Å². The van der Waals surface area contributed by atoms with Crippen LogP contribution in [0.1, 0.15) is 0 Å². The molecule has 2 aromatic rings. The molecule has 2 nitrogen and oxygen atoms in total. The molecule has 60 valence electrons. The number of hydrogen-bond acceptors (Lipinski definition) is 1. The van der Waals surface area contributed by atoms with Crippen molar-refractivity contribution < 1.29 is 4.42 Å². The second-order valence-corrected chi connectivity index (χ2v) is 2.47. The molecular formula is C10H9NO. The lowest BCUT2D eigenvalue weighted by atomic mass is 10.2. The average molecular weight is 159 g/mol. The Morgan fingerprint density at radius 1 is 1.00 bits per heavy atom. The van der Waals surface area contributed by atoms with Gasteiger partial charge in [0.2, 0.25) is 0 Å². The van der Waals surface area contributed by atoms with Crippen LogP contribution in [0.5, 0.6) is 0 Å². The smallest absolute Gasteiger partial charge is 0.106 e. The van der Waals surface area contributed by atoms with Gasteiger partial charge in [0.1, 0.15) is 6.26 Å². The van der Waals surface area contributed by atoms with Crippen LogP contribution in [-0.4, -0.2) is 4.98 Å². The van der Waals surface area contributed by atoms with Crippen LogP contribution in [0.3, 0.4) is 0 Å². The maximum Gasteiger partial charge on any atom is 0.106 e. The second kappa shape index (κ2) is 3.13. The van der Waals surface area contributed by atoms with Crippen molar-refractivity contribution in [3.05, 3.63) is 49.1 Å². The summed E-state index contributed by atoms with van der Waals surface area (Å²) in [6.45, 7) is 0. The van der Waals surface area contributed by atoms with E-state index < -0.39 is 0 Å². The normalized spacial score (nSPS) is 9.67. The van der Waals surface area contributed by atoms with Crippen LogP contribution in [0.25, 0.3) is 10.9 Å². The van der Waals surface area contributed by atoms with E-state index in [-0.39, 0.29) is 0 Å². The van der Waals surface area contributed by atoms with Gasteiger partial charge in [-0.15, -0.1) is 0 Å². The molecule has 0 saturated carbocycles. The highest BCUT2D eigenvalue weighted by Gasteiger charge is 1.84. The molecule has 1 heterocycles. The predicted molar refractivity (Wildman–Crippen MR) is 48.2 cm³/mol. The fraction of sp³-hybridized carbons (Fsp3) is 0. The zero-order valence-electron chi connectivity index (χ0n) is 6.53. The van der Waals surface area contributed by atoms with Gasteiger partial charge in [-0.2, -0.15) is 0 Å². The molecule has 1 aromatic carbocycles. The number of rotatable bonds is 0. The van der Waals surface area contributed by atoms with Gasteiger partial charge in [0, 0.05) is 17.1 Å². The number of hydrogen-bond donors (Lipinski definition) is 1. The van der Waals surface area contributed by atoms with E-state index >= 15 is 0 Å². The van der Waals surface area contributed by atoms with Gasteiger partial charge < -0.3 is 9.40 Å². The van der Waals surface area contributed by atoms with Crippen LogP contribution in [0.15, 0.2) is 53.5 Å². The van der Waals surface area contributed by atoms with Crippen LogP contribution in [-0.2, 0) is 0 Å². The summed E-state index contributed by atoms with van der Waals surface area (Å²) in [7, 11) is 0. The lowest BCUT2D eigenvalue weighted by Gasteiger charge is -1.91. The maximum atomic E-state index is 5.01. The molecule has 12 heavy (non-hydrogen) atoms. The Balaban J connectivity index is 2.83. The molecular weight excluding hydrogens is 150 g/mol. The number of aromatic nitrogens is 1. The monoisotopic (exact) mass is 159 g/mol. The van der Waals surface area contributed by atoms with Gasteiger partial charge in [0.15, 0.2) is 0 Å². The third kappa shape index (κ3) is 1.32. The molecule has 0 bridgehead atoms. The molecule has 0 aliphatic rings. The van der Waals surface area contributed by atoms with Crippen LogP contribution in [0.2, 0.25) is 0 Å². The van der Waals surface area contributed by atoms with E-state index in [0.717, 1.165) is 10.9 Å². The topological polar surface area (TPSA) is 28.9 Å². The molecule has 1 aromatic heterocycles. The van der Waals surface area contributed by atoms with Gasteiger partial charge >= 0.3 is 0 Å². The third-order valence-corrected chi connectivity index (χ3v) is 1.67. The number of aromatic amines is 1. The van der Waals surface area contributed by atoms with Crippen molar-refractivity contribution in [3.63, 3.8) is 0 Å². The van der Waals surface area contributed by atoms with Crippen molar-refractivity contribution >= 4 is 10.9 Å². The van der Waals surface area contributed by atoms with E-state index in [1.165, 1.54) is 0 Å². The first-order chi connectivity index (χ1) is 5.97. The highest BCUT2D eigenvalue weighted by Crippen LogP contribution is 2.06. The van der Waals surface area contributed by atoms with Gasteiger partial charge in [-0.25, -0.2) is 0 Å². The van der Waals surface area contributed by atoms with Crippen molar-refractivity contribution in [2.45, 2.75) is 0 Å². The van der Waals surface area contributed by atoms with Gasteiger partial charge in [0.25, 0.3) is 0 Å². The summed E-state index contributed by atoms with van der Waals surface area (Å²) in [4.78, 5) is 3.11. The highest BCUT2D eigenvalue weighted by molar-refractivity contribution is 5.76. The standard InChI is InChI=1S/C10H9NO/c1-2-4-10-9(3-1)5-7-12-8-6-11-10/h1-8,11H. The predicted octanol–water partition coefficient (Wildman–Crippen LogP) is 2.89. The summed E-state index contributed by atoms with van der Waals surface area (Å²) in [6, 6.07) is 9.97. The molecule has 2 rings (SSSR count). The molecule has 2 heteroatoms. The zero-order valence-corrected chi connectivity index (χ0v) is 6.53. The summed E-state index contributed by atoms with van der Waals surface area (Å²) in [5.41, 5.74) is 1.09. The third-order valence-electron chi connectivity index (χ3n) is 1.67. The first-order valence-corrected chi connectivity index (χ1v) is 3.79. The molecule has 0 amide bonds. The van der Waals surface area contributed by atoms with E-state index in [1.54, 1.807) is 18.7 Å². The Morgan fingerprint density at radius 3 is 2.92 bits per heavy atom. The molecule has 0 spiro atoms. The fourth-order valence-electron chi connectivity index (χ4n) is 1.09. The Morgan fingerprint density at radius 2 is 1.92 bits per heavy atom. The summed E-state index contributed by atoms with van der Waals surface area (Å²) in [5.74, 6) is 0. The van der Waals surface area contributed by atoms with Crippen LogP contribution in [0.4, 0.5) is 0 Å². The quantitative estimate of drug-likeness (QED) is 0.629. The van der Waals surface area contributed by atoms with Crippen molar-refractivity contribution in [1.29, 1.82) is 0 Å². The van der Waals surface area contributed by atoms with Gasteiger partial charge in [-0.1, -0.05) is 18.2 Å². The molecule has 1 N–H and O–H groups in total. The number of fused-ring (bicyclic) bond motifs is 1. The Bertz CT molecular complexity index is 372. The SMILES string of the molecule is c1ccc2[nH]ccoccc2c1. The summed E-state index contributed by atoms with van der Waals surface area (Å²) in [6.07, 6.45) is 5.03. The zero-order chi connectivity index (χ0) is 8.23. The Kier molecular flexibility index (Phi) is 1.82. The van der Waals surface area contributed by atoms with Gasteiger partial charge in [0.05, 0.1) is 6.26 Å². The van der Waals surface area contributed by atoms with E-state index in [9.17, 15) is 0 Å². The van der Waals surface area contributed by atoms with Crippen molar-refractivity contribution in [1.82, 2.24) is 4.98 Å². The minimum absolute atomic E-state index is 1.09. The Hall–Kier alpha value is -1.70. The van der Waals surface area contributed by atoms with E-state index in [4.69, 9.17) is 4.42 Å². The molecule has 0 aliphatic heterocycles. The van der Waals surface area contributed by atoms with Crippen LogP contribution >= 0.6 is 0 Å². The van der Waals surface area contributed by atoms with E-state index in [0.29, 0.717) is 0 Å². The van der Waals surface area contributed by atoms with E-state index in [1.807, 2.05) is 30.3 Å². The van der Waals surface area contributed by atoms with E-state index in [2.05, 4.69) is 4.98 Å². The highest BCUT2D eigenvalue weighted by atomic mass is 16.3. The largest absolute Gasteiger partial charge is 0.471 e. The average Bonchev–Trinajstić information content (AvgIpc) is 2.06. The first kappa shape index (κ1) is 6.98. The summed E-state index contributed by atoms with van der Waals surface area (Å²) < 4.78 is 5.01. The minimum atomic E-state index is 1.09. The summed E-state index contributed by atoms with van der Waals surface area (Å²) in [5, 5.41) is 1.13. The minimum Gasteiger partial charge on any atom is -0.471 e. The number of nitrogens with one attached hydrogen (secondary N) is 1. The van der Waals surface area contributed by atoms with Gasteiger partial charge in [-0.05, 0) is 12.1 Å². The molecule has 0 saturated heterocycles.